The number of esters is 1. The largest absolute Gasteiger partial charge is 0.494 e. The van der Waals surface area contributed by atoms with E-state index in [4.69, 9.17) is 14.2 Å². The second kappa shape index (κ2) is 14.7. The molecule has 0 bridgehead atoms. The van der Waals surface area contributed by atoms with Gasteiger partial charge < -0.3 is 14.2 Å². The van der Waals surface area contributed by atoms with Gasteiger partial charge in [-0.05, 0) is 55.5 Å². The molecule has 0 saturated heterocycles. The molecule has 2 aromatic carbocycles. The molecule has 4 heteroatoms. The standard InChI is InChI=1S/C28H40O4/c1-5-7-9-11-20-30-23(4)28(29)32-22(3)24-12-14-25(15-13-24)26-16-18-27(19-17-26)31-21-10-8-6-2/h12-19,22-23H,5-11,20-21H2,1-4H3. The Morgan fingerprint density at radius 2 is 1.31 bits per heavy atom. The molecule has 0 heterocycles. The first-order valence-electron chi connectivity index (χ1n) is 12.2. The van der Waals surface area contributed by atoms with Crippen LogP contribution in [-0.4, -0.2) is 25.3 Å². The monoisotopic (exact) mass is 440 g/mol. The summed E-state index contributed by atoms with van der Waals surface area (Å²) in [6.07, 6.45) is 7.13. The van der Waals surface area contributed by atoms with Gasteiger partial charge in [0.2, 0.25) is 0 Å². The first kappa shape index (κ1) is 25.9. The lowest BCUT2D eigenvalue weighted by molar-refractivity contribution is -0.161. The lowest BCUT2D eigenvalue weighted by Crippen LogP contribution is -2.25. The molecule has 176 valence electrons. The summed E-state index contributed by atoms with van der Waals surface area (Å²) in [4.78, 5) is 12.3. The van der Waals surface area contributed by atoms with Crippen LogP contribution < -0.4 is 4.74 Å². The van der Waals surface area contributed by atoms with Gasteiger partial charge >= 0.3 is 5.97 Å². The quantitative estimate of drug-likeness (QED) is 0.212. The normalized spacial score (nSPS) is 12.9. The maximum absolute atomic E-state index is 12.3. The summed E-state index contributed by atoms with van der Waals surface area (Å²) in [5.41, 5.74) is 3.22. The van der Waals surface area contributed by atoms with Crippen molar-refractivity contribution in [3.8, 4) is 16.9 Å². The van der Waals surface area contributed by atoms with E-state index in [1.807, 2.05) is 31.2 Å². The second-order valence-corrected chi connectivity index (χ2v) is 8.35. The summed E-state index contributed by atoms with van der Waals surface area (Å²) in [7, 11) is 0. The van der Waals surface area contributed by atoms with Crippen molar-refractivity contribution in [3.63, 3.8) is 0 Å². The van der Waals surface area contributed by atoms with E-state index >= 15 is 0 Å². The van der Waals surface area contributed by atoms with Gasteiger partial charge in [0.25, 0.3) is 0 Å². The summed E-state index contributed by atoms with van der Waals surface area (Å²) >= 11 is 0. The maximum Gasteiger partial charge on any atom is 0.335 e. The van der Waals surface area contributed by atoms with E-state index in [0.717, 1.165) is 48.3 Å². The highest BCUT2D eigenvalue weighted by atomic mass is 16.6. The van der Waals surface area contributed by atoms with E-state index in [1.165, 1.54) is 25.7 Å². The Morgan fingerprint density at radius 1 is 0.750 bits per heavy atom. The molecule has 2 atom stereocenters. The third-order valence-corrected chi connectivity index (χ3v) is 5.57. The van der Waals surface area contributed by atoms with Crippen LogP contribution in [-0.2, 0) is 14.3 Å². The summed E-state index contributed by atoms with van der Waals surface area (Å²) in [5, 5.41) is 0. The molecule has 0 N–H and O–H groups in total. The van der Waals surface area contributed by atoms with Gasteiger partial charge in [-0.15, -0.1) is 0 Å². The number of ether oxygens (including phenoxy) is 3. The van der Waals surface area contributed by atoms with Gasteiger partial charge in [-0.2, -0.15) is 0 Å². The van der Waals surface area contributed by atoms with Crippen molar-refractivity contribution < 1.29 is 19.0 Å². The van der Waals surface area contributed by atoms with Crippen molar-refractivity contribution in [2.45, 2.75) is 84.8 Å². The molecule has 0 aliphatic heterocycles. The summed E-state index contributed by atoms with van der Waals surface area (Å²) in [6, 6.07) is 16.3. The highest BCUT2D eigenvalue weighted by molar-refractivity contribution is 5.74. The lowest BCUT2D eigenvalue weighted by atomic mass is 10.0. The summed E-state index contributed by atoms with van der Waals surface area (Å²) < 4.78 is 17.0. The Morgan fingerprint density at radius 3 is 1.94 bits per heavy atom. The molecule has 0 aliphatic rings. The van der Waals surface area contributed by atoms with Crippen LogP contribution in [0.15, 0.2) is 48.5 Å². The Balaban J connectivity index is 1.82. The molecule has 0 aliphatic carbocycles. The van der Waals surface area contributed by atoms with Gasteiger partial charge in [-0.25, -0.2) is 4.79 Å². The van der Waals surface area contributed by atoms with Crippen LogP contribution >= 0.6 is 0 Å². The van der Waals surface area contributed by atoms with Gasteiger partial charge in [-0.1, -0.05) is 82.3 Å². The molecule has 0 spiro atoms. The van der Waals surface area contributed by atoms with Gasteiger partial charge in [0.1, 0.15) is 11.9 Å². The van der Waals surface area contributed by atoms with Crippen molar-refractivity contribution >= 4 is 5.97 Å². The molecule has 0 radical (unpaired) electrons. The number of carbonyl (C=O) groups is 1. The third kappa shape index (κ3) is 9.04. The number of carbonyl (C=O) groups excluding carboxylic acids is 1. The fourth-order valence-electron chi connectivity index (χ4n) is 3.43. The van der Waals surface area contributed by atoms with Crippen LogP contribution in [0.2, 0.25) is 0 Å². The van der Waals surface area contributed by atoms with Crippen LogP contribution in [0.3, 0.4) is 0 Å². The average Bonchev–Trinajstić information content (AvgIpc) is 2.82. The van der Waals surface area contributed by atoms with Crippen molar-refractivity contribution in [1.29, 1.82) is 0 Å². The highest BCUT2D eigenvalue weighted by Crippen LogP contribution is 2.25. The molecule has 0 saturated carbocycles. The summed E-state index contributed by atoms with van der Waals surface area (Å²) in [5.74, 6) is 0.593. The highest BCUT2D eigenvalue weighted by Gasteiger charge is 2.19. The van der Waals surface area contributed by atoms with Crippen molar-refractivity contribution in [1.82, 2.24) is 0 Å². The van der Waals surface area contributed by atoms with E-state index in [0.29, 0.717) is 6.61 Å². The van der Waals surface area contributed by atoms with E-state index < -0.39 is 6.10 Å². The topological polar surface area (TPSA) is 44.8 Å². The third-order valence-electron chi connectivity index (χ3n) is 5.57. The number of unbranched alkanes of at least 4 members (excludes halogenated alkanes) is 5. The predicted molar refractivity (Wildman–Crippen MR) is 131 cm³/mol. The Hall–Kier alpha value is -2.33. The minimum absolute atomic E-state index is 0.313. The molecule has 32 heavy (non-hydrogen) atoms. The van der Waals surface area contributed by atoms with Crippen molar-refractivity contribution in [3.05, 3.63) is 54.1 Å². The van der Waals surface area contributed by atoms with Gasteiger partial charge in [0, 0.05) is 6.61 Å². The molecule has 0 aromatic heterocycles. The molecule has 0 amide bonds. The minimum atomic E-state index is -0.541. The van der Waals surface area contributed by atoms with Crippen LogP contribution in [0.25, 0.3) is 11.1 Å². The Kier molecular flexibility index (Phi) is 11.9. The smallest absolute Gasteiger partial charge is 0.335 e. The molecule has 2 unspecified atom stereocenters. The van der Waals surface area contributed by atoms with Crippen LogP contribution in [0, 0.1) is 0 Å². The van der Waals surface area contributed by atoms with Crippen LogP contribution in [0.1, 0.15) is 84.3 Å². The molecule has 0 fully saturated rings. The zero-order valence-electron chi connectivity index (χ0n) is 20.3. The van der Waals surface area contributed by atoms with E-state index in [-0.39, 0.29) is 12.1 Å². The molecule has 2 aromatic rings. The number of hydrogen-bond donors (Lipinski definition) is 0. The van der Waals surface area contributed by atoms with Gasteiger partial charge in [-0.3, -0.25) is 0 Å². The fraction of sp³-hybridized carbons (Fsp3) is 0.536. The number of benzene rings is 2. The zero-order chi connectivity index (χ0) is 23.2. The molecular formula is C28H40O4. The van der Waals surface area contributed by atoms with E-state index in [2.05, 4.69) is 38.1 Å². The fourth-order valence-corrected chi connectivity index (χ4v) is 3.43. The maximum atomic E-state index is 12.3. The Bertz CT molecular complexity index is 767. The Labute approximate surface area is 194 Å². The first-order valence-corrected chi connectivity index (χ1v) is 12.2. The van der Waals surface area contributed by atoms with Crippen LogP contribution in [0.5, 0.6) is 5.75 Å². The summed E-state index contributed by atoms with van der Waals surface area (Å²) in [6.45, 7) is 9.38. The van der Waals surface area contributed by atoms with Crippen molar-refractivity contribution in [2.75, 3.05) is 13.2 Å². The zero-order valence-corrected chi connectivity index (χ0v) is 20.3. The second-order valence-electron chi connectivity index (χ2n) is 8.35. The van der Waals surface area contributed by atoms with Gasteiger partial charge in [0.15, 0.2) is 6.10 Å². The average molecular weight is 441 g/mol. The molecule has 2 rings (SSSR count). The van der Waals surface area contributed by atoms with Crippen LogP contribution in [0.4, 0.5) is 0 Å². The van der Waals surface area contributed by atoms with Crippen molar-refractivity contribution in [2.24, 2.45) is 0 Å². The minimum Gasteiger partial charge on any atom is -0.494 e. The SMILES string of the molecule is CCCCCCOC(C)C(=O)OC(C)c1ccc(-c2ccc(OCCCCC)cc2)cc1. The molecular weight excluding hydrogens is 400 g/mol. The predicted octanol–water partition coefficient (Wildman–Crippen LogP) is 7.51. The number of hydrogen-bond acceptors (Lipinski definition) is 4. The first-order chi connectivity index (χ1) is 15.5. The van der Waals surface area contributed by atoms with E-state index in [1.54, 1.807) is 6.92 Å². The van der Waals surface area contributed by atoms with Gasteiger partial charge in [0.05, 0.1) is 6.61 Å². The van der Waals surface area contributed by atoms with E-state index in [9.17, 15) is 4.79 Å². The lowest BCUT2D eigenvalue weighted by Gasteiger charge is -2.18. The molecule has 4 nitrogen and oxygen atoms in total. The number of rotatable bonds is 15.